The van der Waals surface area contributed by atoms with E-state index in [4.69, 9.17) is 14.2 Å². The molecule has 0 N–H and O–H groups in total. The molecule has 5 heterocycles. The summed E-state index contributed by atoms with van der Waals surface area (Å²) in [6, 6.07) is 10.9. The van der Waals surface area contributed by atoms with Crippen molar-refractivity contribution in [2.45, 2.75) is 50.4 Å². The summed E-state index contributed by atoms with van der Waals surface area (Å²) >= 11 is 1.28. The highest BCUT2D eigenvalue weighted by molar-refractivity contribution is 7.98. The fourth-order valence-corrected chi connectivity index (χ4v) is 6.61. The molecule has 0 radical (unpaired) electrons. The Bertz CT molecular complexity index is 2150. The Kier molecular flexibility index (Phi) is 7.83. The number of rotatable bonds is 7. The summed E-state index contributed by atoms with van der Waals surface area (Å²) in [5, 5.41) is 10.1. The van der Waals surface area contributed by atoms with Crippen LogP contribution >= 0.6 is 11.8 Å². The van der Waals surface area contributed by atoms with E-state index in [2.05, 4.69) is 20.2 Å². The average Bonchev–Trinajstić information content (AvgIpc) is 3.75. The Hall–Kier alpha value is -4.63. The number of aromatic nitrogens is 7. The van der Waals surface area contributed by atoms with Crippen molar-refractivity contribution in [1.82, 2.24) is 34.1 Å². The number of fused-ring (bicyclic) bond motifs is 4. The molecule has 6 aromatic rings. The first kappa shape index (κ1) is 31.0. The number of esters is 1. The molecule has 0 spiro atoms. The van der Waals surface area contributed by atoms with E-state index in [0.29, 0.717) is 34.7 Å². The van der Waals surface area contributed by atoms with Crippen molar-refractivity contribution in [3.8, 4) is 11.6 Å². The fourth-order valence-electron chi connectivity index (χ4n) is 6.26. The largest absolute Gasteiger partial charge is 0.472 e. The summed E-state index contributed by atoms with van der Waals surface area (Å²) in [5.41, 5.74) is 0.439. The SMILES string of the molecule is COC(=O)c1nn(-c2c(C(F)(F)F)c(C)cc3c2cnn3C2CCCCO2)c2c1c1c(OCc3ccccc3)nc(SC)nc1n2C. The zero-order chi connectivity index (χ0) is 33.0. The topological polar surface area (TPSA) is 111 Å². The van der Waals surface area contributed by atoms with Crippen LogP contribution in [0.5, 0.6) is 5.88 Å². The van der Waals surface area contributed by atoms with Gasteiger partial charge in [-0.1, -0.05) is 42.1 Å². The molecule has 15 heteroatoms. The first-order valence-corrected chi connectivity index (χ1v) is 16.1. The van der Waals surface area contributed by atoms with Gasteiger partial charge in [-0.15, -0.1) is 0 Å². The number of halogens is 3. The molecule has 0 saturated carbocycles. The van der Waals surface area contributed by atoms with Crippen LogP contribution in [0.1, 0.15) is 52.7 Å². The first-order valence-electron chi connectivity index (χ1n) is 14.9. The molecule has 0 aliphatic carbocycles. The summed E-state index contributed by atoms with van der Waals surface area (Å²) in [6.07, 6.45) is 0.487. The van der Waals surface area contributed by atoms with E-state index in [1.54, 1.807) is 22.6 Å². The van der Waals surface area contributed by atoms with Crippen LogP contribution < -0.4 is 4.74 Å². The van der Waals surface area contributed by atoms with Gasteiger partial charge in [0.25, 0.3) is 0 Å². The summed E-state index contributed by atoms with van der Waals surface area (Å²) in [5.74, 6) is -0.681. The minimum absolute atomic E-state index is 0.0315. The van der Waals surface area contributed by atoms with Crippen molar-refractivity contribution in [3.63, 3.8) is 0 Å². The molecule has 11 nitrogen and oxygen atoms in total. The van der Waals surface area contributed by atoms with E-state index < -0.39 is 23.9 Å². The predicted molar refractivity (Wildman–Crippen MR) is 169 cm³/mol. The molecule has 0 bridgehead atoms. The van der Waals surface area contributed by atoms with Gasteiger partial charge in [0.1, 0.15) is 12.3 Å². The molecule has 1 saturated heterocycles. The summed E-state index contributed by atoms with van der Waals surface area (Å²) < 4.78 is 66.7. The number of hydrogen-bond donors (Lipinski definition) is 0. The van der Waals surface area contributed by atoms with Gasteiger partial charge in [0, 0.05) is 19.0 Å². The number of carbonyl (C=O) groups is 1. The van der Waals surface area contributed by atoms with Gasteiger partial charge in [0.2, 0.25) is 5.88 Å². The molecule has 47 heavy (non-hydrogen) atoms. The van der Waals surface area contributed by atoms with Crippen LogP contribution in [0.3, 0.4) is 0 Å². The maximum Gasteiger partial charge on any atom is 0.418 e. The van der Waals surface area contributed by atoms with Crippen LogP contribution in [0.2, 0.25) is 0 Å². The second-order valence-electron chi connectivity index (χ2n) is 11.3. The van der Waals surface area contributed by atoms with Gasteiger partial charge < -0.3 is 18.8 Å². The second kappa shape index (κ2) is 11.9. The molecule has 2 aromatic carbocycles. The van der Waals surface area contributed by atoms with Gasteiger partial charge in [-0.2, -0.15) is 28.4 Å². The van der Waals surface area contributed by atoms with Crippen LogP contribution in [0.4, 0.5) is 13.2 Å². The van der Waals surface area contributed by atoms with E-state index in [-0.39, 0.29) is 45.9 Å². The quantitative estimate of drug-likeness (QED) is 0.104. The highest BCUT2D eigenvalue weighted by atomic mass is 32.2. The summed E-state index contributed by atoms with van der Waals surface area (Å²) in [6.45, 7) is 2.09. The normalized spacial score (nSPS) is 15.6. The van der Waals surface area contributed by atoms with Gasteiger partial charge in [-0.05, 0) is 49.6 Å². The molecule has 1 fully saturated rings. The van der Waals surface area contributed by atoms with Gasteiger partial charge >= 0.3 is 12.1 Å². The Morgan fingerprint density at radius 2 is 1.94 bits per heavy atom. The molecule has 7 rings (SSSR count). The van der Waals surface area contributed by atoms with E-state index in [1.165, 1.54) is 38.1 Å². The monoisotopic (exact) mass is 665 g/mol. The minimum atomic E-state index is -4.78. The zero-order valence-corrected chi connectivity index (χ0v) is 26.8. The summed E-state index contributed by atoms with van der Waals surface area (Å²) in [4.78, 5) is 22.6. The molecule has 1 aliphatic rings. The van der Waals surface area contributed by atoms with Crippen molar-refractivity contribution >= 4 is 50.7 Å². The van der Waals surface area contributed by atoms with Crippen molar-refractivity contribution in [3.05, 3.63) is 65.0 Å². The molecular weight excluding hydrogens is 635 g/mol. The van der Waals surface area contributed by atoms with Crippen LogP contribution in [-0.4, -0.2) is 60.0 Å². The van der Waals surface area contributed by atoms with E-state index in [0.717, 1.165) is 23.1 Å². The number of methoxy groups -OCH3 is 1. The number of thioether (sulfide) groups is 1. The van der Waals surface area contributed by atoms with Gasteiger partial charge in [0.05, 0.1) is 40.8 Å². The molecule has 1 aliphatic heterocycles. The average molecular weight is 666 g/mol. The first-order chi connectivity index (χ1) is 22.6. The maximum atomic E-state index is 15.0. The Balaban J connectivity index is 1.56. The van der Waals surface area contributed by atoms with Crippen molar-refractivity contribution in [2.24, 2.45) is 7.05 Å². The number of ether oxygens (including phenoxy) is 3. The molecule has 0 amide bonds. The van der Waals surface area contributed by atoms with Crippen LogP contribution in [0.25, 0.3) is 38.7 Å². The Morgan fingerprint density at radius 3 is 2.62 bits per heavy atom. The number of alkyl halides is 3. The Labute approximate surface area is 270 Å². The highest BCUT2D eigenvalue weighted by Crippen LogP contribution is 2.44. The van der Waals surface area contributed by atoms with E-state index in [1.807, 2.05) is 30.3 Å². The number of nitrogens with zero attached hydrogens (tertiary/aromatic N) is 7. The van der Waals surface area contributed by atoms with Crippen LogP contribution in [0.15, 0.2) is 47.8 Å². The molecule has 1 atom stereocenters. The second-order valence-corrected chi connectivity index (χ2v) is 12.0. The Morgan fingerprint density at radius 1 is 1.15 bits per heavy atom. The smallest absolute Gasteiger partial charge is 0.418 e. The van der Waals surface area contributed by atoms with Gasteiger partial charge in [0.15, 0.2) is 22.7 Å². The molecule has 4 aromatic heterocycles. The lowest BCUT2D eigenvalue weighted by Crippen LogP contribution is -2.19. The van der Waals surface area contributed by atoms with Crippen molar-refractivity contribution in [1.29, 1.82) is 0 Å². The number of benzene rings is 2. The third-order valence-electron chi connectivity index (χ3n) is 8.36. The third kappa shape index (κ3) is 5.17. The lowest BCUT2D eigenvalue weighted by Gasteiger charge is -2.24. The number of hydrogen-bond acceptors (Lipinski definition) is 9. The zero-order valence-electron chi connectivity index (χ0n) is 26.0. The molecular formula is C32H30F3N7O4S. The number of aryl methyl sites for hydroxylation is 2. The van der Waals surface area contributed by atoms with Crippen LogP contribution in [-0.2, 0) is 29.3 Å². The number of carbonyl (C=O) groups excluding carboxylic acids is 1. The van der Waals surface area contributed by atoms with E-state index >= 15 is 13.2 Å². The lowest BCUT2D eigenvalue weighted by molar-refractivity contribution is -0.137. The van der Waals surface area contributed by atoms with Gasteiger partial charge in [-0.3, -0.25) is 0 Å². The van der Waals surface area contributed by atoms with Crippen molar-refractivity contribution < 1.29 is 32.2 Å². The lowest BCUT2D eigenvalue weighted by atomic mass is 10.0. The third-order valence-corrected chi connectivity index (χ3v) is 8.91. The maximum absolute atomic E-state index is 15.0. The van der Waals surface area contributed by atoms with Gasteiger partial charge in [-0.25, -0.2) is 19.1 Å². The molecule has 1 unspecified atom stereocenters. The van der Waals surface area contributed by atoms with Crippen molar-refractivity contribution in [2.75, 3.05) is 20.0 Å². The molecule has 244 valence electrons. The summed E-state index contributed by atoms with van der Waals surface area (Å²) in [7, 11) is 2.84. The standard InChI is InChI=1S/C32H30F3N7O4S/c1-17-14-20-19(15-36-41(20)21-12-8-9-13-45-21)26(24(17)32(33,34)35)42-29-22(25(39-42)30(43)44-3)23-27(40(29)2)37-31(47-4)38-28(23)46-16-18-10-6-5-7-11-18/h5-7,10-11,14-15,21H,8-9,12-13,16H2,1-4H3. The predicted octanol–water partition coefficient (Wildman–Crippen LogP) is 6.77. The highest BCUT2D eigenvalue weighted by Gasteiger charge is 2.40. The van der Waals surface area contributed by atoms with E-state index in [9.17, 15) is 4.79 Å². The van der Waals surface area contributed by atoms with Crippen LogP contribution in [0, 0.1) is 6.92 Å². The minimum Gasteiger partial charge on any atom is -0.472 e. The fraction of sp³-hybridized carbons (Fsp3) is 0.344.